The topological polar surface area (TPSA) is 83.1 Å². The molecule has 0 heterocycles. The van der Waals surface area contributed by atoms with E-state index in [0.717, 1.165) is 5.56 Å². The van der Waals surface area contributed by atoms with Crippen molar-refractivity contribution in [3.8, 4) is 0 Å². The van der Waals surface area contributed by atoms with E-state index >= 15 is 0 Å². The number of hydrogen-bond acceptors (Lipinski definition) is 6. The largest absolute Gasteiger partial charge is 0.461 e. The highest BCUT2D eigenvalue weighted by Gasteiger charge is 2.15. The number of carbonyl (C=O) groups is 2. The lowest BCUT2D eigenvalue weighted by molar-refractivity contribution is -0.146. The average molecular weight is 381 g/mol. The highest BCUT2D eigenvalue weighted by Crippen LogP contribution is 2.06. The smallest absolute Gasteiger partial charge is 0.407 e. The Kier molecular flexibility index (Phi) is 11.1. The summed E-state index contributed by atoms with van der Waals surface area (Å²) in [5.74, 6) is -0.284. The molecule has 0 radical (unpaired) electrons. The number of benzene rings is 1. The molecule has 0 saturated heterocycles. The van der Waals surface area contributed by atoms with Gasteiger partial charge in [-0.3, -0.25) is 4.79 Å². The van der Waals surface area contributed by atoms with Crippen LogP contribution in [-0.2, 0) is 30.3 Å². The molecule has 1 amide bonds. The lowest BCUT2D eigenvalue weighted by atomic mass is 10.2. The minimum absolute atomic E-state index is 0.215. The number of carbonyl (C=O) groups excluding carboxylic acids is 2. The van der Waals surface area contributed by atoms with Gasteiger partial charge in [-0.15, -0.1) is 0 Å². The Labute approximate surface area is 161 Å². The molecule has 0 fully saturated rings. The summed E-state index contributed by atoms with van der Waals surface area (Å²) in [4.78, 5) is 23.0. The Bertz CT molecular complexity index is 541. The van der Waals surface area contributed by atoms with E-state index < -0.39 is 11.7 Å². The quantitative estimate of drug-likeness (QED) is 0.443. The van der Waals surface area contributed by atoms with Crippen LogP contribution in [0, 0.1) is 0 Å². The normalized spacial score (nSPS) is 11.1. The maximum Gasteiger partial charge on any atom is 0.407 e. The minimum Gasteiger partial charge on any atom is -0.461 e. The minimum atomic E-state index is -0.494. The van der Waals surface area contributed by atoms with E-state index in [4.69, 9.17) is 18.9 Å². The zero-order valence-electron chi connectivity index (χ0n) is 16.5. The summed E-state index contributed by atoms with van der Waals surface area (Å²) in [5, 5.41) is 2.66. The first-order valence-electron chi connectivity index (χ1n) is 9.19. The number of nitrogens with one attached hydrogen (secondary N) is 1. The van der Waals surface area contributed by atoms with E-state index in [1.807, 2.05) is 51.1 Å². The molecule has 1 rings (SSSR count). The predicted molar refractivity (Wildman–Crippen MR) is 101 cm³/mol. The van der Waals surface area contributed by atoms with Crippen LogP contribution in [0.5, 0.6) is 0 Å². The lowest BCUT2D eigenvalue weighted by Gasteiger charge is -2.19. The predicted octanol–water partition coefficient (Wildman–Crippen LogP) is 3.07. The van der Waals surface area contributed by atoms with Crippen molar-refractivity contribution < 1.29 is 28.5 Å². The summed E-state index contributed by atoms with van der Waals surface area (Å²) in [6.07, 6.45) is 0.475. The zero-order valence-corrected chi connectivity index (χ0v) is 16.5. The molecule has 1 N–H and O–H groups in total. The second-order valence-corrected chi connectivity index (χ2v) is 6.90. The van der Waals surface area contributed by atoms with Crippen LogP contribution >= 0.6 is 0 Å². The van der Waals surface area contributed by atoms with Crippen molar-refractivity contribution in [1.82, 2.24) is 5.32 Å². The van der Waals surface area contributed by atoms with Gasteiger partial charge in [0.05, 0.1) is 26.2 Å². The first kappa shape index (κ1) is 22.9. The summed E-state index contributed by atoms with van der Waals surface area (Å²) in [6.45, 7) is 7.88. The third-order valence-electron chi connectivity index (χ3n) is 3.20. The fourth-order valence-corrected chi connectivity index (χ4v) is 1.97. The molecule has 7 heteroatoms. The Balaban J connectivity index is 1.87. The monoisotopic (exact) mass is 381 g/mol. The molecule has 27 heavy (non-hydrogen) atoms. The van der Waals surface area contributed by atoms with E-state index in [9.17, 15) is 9.59 Å². The molecular weight excluding hydrogens is 350 g/mol. The average Bonchev–Trinajstić information content (AvgIpc) is 2.61. The van der Waals surface area contributed by atoms with Gasteiger partial charge in [0.15, 0.2) is 0 Å². The number of ether oxygens (including phenoxy) is 4. The van der Waals surface area contributed by atoms with E-state index in [0.29, 0.717) is 39.4 Å². The lowest BCUT2D eigenvalue weighted by Crippen LogP contribution is -2.33. The third-order valence-corrected chi connectivity index (χ3v) is 3.20. The molecule has 0 unspecified atom stereocenters. The van der Waals surface area contributed by atoms with Crippen molar-refractivity contribution in [2.45, 2.75) is 45.8 Å². The van der Waals surface area contributed by atoms with Gasteiger partial charge in [0.1, 0.15) is 12.2 Å². The van der Waals surface area contributed by atoms with E-state index in [2.05, 4.69) is 5.32 Å². The standard InChI is InChI=1S/C20H31NO6/c1-20(2,3)27-19(23)21-11-7-12-24-14-15-25-13-10-18(22)26-16-17-8-5-4-6-9-17/h4-6,8-9H,7,10-16H2,1-3H3,(H,21,23). The van der Waals surface area contributed by atoms with Crippen LogP contribution in [0.2, 0.25) is 0 Å². The molecule has 0 bridgehead atoms. The number of hydrogen-bond donors (Lipinski definition) is 1. The van der Waals surface area contributed by atoms with E-state index in [-0.39, 0.29) is 19.0 Å². The van der Waals surface area contributed by atoms with Gasteiger partial charge >= 0.3 is 12.1 Å². The highest BCUT2D eigenvalue weighted by molar-refractivity contribution is 5.69. The van der Waals surface area contributed by atoms with Gasteiger partial charge < -0.3 is 24.3 Å². The highest BCUT2D eigenvalue weighted by atomic mass is 16.6. The van der Waals surface area contributed by atoms with Gasteiger partial charge in [0.25, 0.3) is 0 Å². The maximum atomic E-state index is 11.6. The van der Waals surface area contributed by atoms with Crippen LogP contribution in [-0.4, -0.2) is 50.6 Å². The summed E-state index contributed by atoms with van der Waals surface area (Å²) >= 11 is 0. The fourth-order valence-electron chi connectivity index (χ4n) is 1.97. The third kappa shape index (κ3) is 13.7. The SMILES string of the molecule is CC(C)(C)OC(=O)NCCCOCCOCCC(=O)OCc1ccccc1. The molecule has 152 valence electrons. The van der Waals surface area contributed by atoms with Crippen LogP contribution in [0.15, 0.2) is 30.3 Å². The molecule has 0 spiro atoms. The van der Waals surface area contributed by atoms with Crippen LogP contribution in [0.3, 0.4) is 0 Å². The Morgan fingerprint density at radius 2 is 1.63 bits per heavy atom. The number of alkyl carbamates (subject to hydrolysis) is 1. The summed E-state index contributed by atoms with van der Waals surface area (Å²) in [7, 11) is 0. The molecule has 0 aliphatic heterocycles. The molecule has 0 aliphatic carbocycles. The Morgan fingerprint density at radius 1 is 0.963 bits per heavy atom. The molecule has 0 atom stereocenters. The molecule has 1 aromatic carbocycles. The molecule has 1 aromatic rings. The summed E-state index contributed by atoms with van der Waals surface area (Å²) in [6, 6.07) is 9.53. The second-order valence-electron chi connectivity index (χ2n) is 6.90. The van der Waals surface area contributed by atoms with Gasteiger partial charge in [-0.1, -0.05) is 30.3 Å². The van der Waals surface area contributed by atoms with Gasteiger partial charge in [0.2, 0.25) is 0 Å². The number of amides is 1. The first-order valence-corrected chi connectivity index (χ1v) is 9.19. The van der Waals surface area contributed by atoms with Crippen LogP contribution in [0.1, 0.15) is 39.2 Å². The van der Waals surface area contributed by atoms with Gasteiger partial charge in [-0.05, 0) is 32.8 Å². The van der Waals surface area contributed by atoms with Crippen molar-refractivity contribution in [3.63, 3.8) is 0 Å². The van der Waals surface area contributed by atoms with Crippen molar-refractivity contribution in [1.29, 1.82) is 0 Å². The second kappa shape index (κ2) is 13.1. The van der Waals surface area contributed by atoms with E-state index in [1.54, 1.807) is 0 Å². The van der Waals surface area contributed by atoms with Crippen LogP contribution in [0.25, 0.3) is 0 Å². The maximum absolute atomic E-state index is 11.6. The number of rotatable bonds is 12. The van der Waals surface area contributed by atoms with Crippen molar-refractivity contribution in [2.24, 2.45) is 0 Å². The fraction of sp³-hybridized carbons (Fsp3) is 0.600. The van der Waals surface area contributed by atoms with Crippen LogP contribution in [0.4, 0.5) is 4.79 Å². The van der Waals surface area contributed by atoms with Gasteiger partial charge in [0, 0.05) is 13.2 Å². The molecule has 7 nitrogen and oxygen atoms in total. The van der Waals surface area contributed by atoms with Gasteiger partial charge in [-0.2, -0.15) is 0 Å². The summed E-state index contributed by atoms with van der Waals surface area (Å²) in [5.41, 5.74) is 0.465. The molecule has 0 aromatic heterocycles. The van der Waals surface area contributed by atoms with Gasteiger partial charge in [-0.25, -0.2) is 4.79 Å². The van der Waals surface area contributed by atoms with E-state index in [1.165, 1.54) is 0 Å². The number of esters is 1. The first-order chi connectivity index (χ1) is 12.9. The molecular formula is C20H31NO6. The van der Waals surface area contributed by atoms with Crippen molar-refractivity contribution in [2.75, 3.05) is 33.0 Å². The zero-order chi connectivity index (χ0) is 20.0. The van der Waals surface area contributed by atoms with Crippen molar-refractivity contribution in [3.05, 3.63) is 35.9 Å². The molecule has 0 aliphatic rings. The Hall–Kier alpha value is -2.12. The summed E-state index contributed by atoms with van der Waals surface area (Å²) < 4.78 is 21.0. The van der Waals surface area contributed by atoms with Crippen LogP contribution < -0.4 is 5.32 Å². The Morgan fingerprint density at radius 3 is 2.30 bits per heavy atom. The van der Waals surface area contributed by atoms with Crippen molar-refractivity contribution >= 4 is 12.1 Å². The molecule has 0 saturated carbocycles.